The minimum absolute atomic E-state index is 0.130. The minimum Gasteiger partial charge on any atom is -0.479 e. The molecule has 1 fully saturated rings. The molecule has 1 amide bonds. The van der Waals surface area contributed by atoms with Crippen LogP contribution in [-0.4, -0.2) is 71.9 Å². The number of ether oxygens (including phenoxy) is 2. The molecule has 3 rings (SSSR count). The van der Waals surface area contributed by atoms with Crippen LogP contribution in [0.15, 0.2) is 35.0 Å². The molecule has 0 bridgehead atoms. The van der Waals surface area contributed by atoms with Gasteiger partial charge in [0.05, 0.1) is 15.9 Å². The zero-order valence-corrected chi connectivity index (χ0v) is 22.3. The van der Waals surface area contributed by atoms with Crippen molar-refractivity contribution in [3.63, 3.8) is 0 Å². The van der Waals surface area contributed by atoms with Gasteiger partial charge in [-0.3, -0.25) is 0 Å². The molecule has 0 saturated heterocycles. The topological polar surface area (TPSA) is 79.3 Å². The van der Waals surface area contributed by atoms with Gasteiger partial charge in [0.1, 0.15) is 5.60 Å². The summed E-state index contributed by atoms with van der Waals surface area (Å²) in [5, 5.41) is 14.1. The van der Waals surface area contributed by atoms with Crippen LogP contribution in [0, 0.1) is 0 Å². The minimum atomic E-state index is -1.46. The van der Waals surface area contributed by atoms with Crippen molar-refractivity contribution >= 4 is 34.7 Å². The molecular weight excluding hydrogens is 472 g/mol. The van der Waals surface area contributed by atoms with E-state index in [4.69, 9.17) is 9.47 Å². The van der Waals surface area contributed by atoms with E-state index in [1.807, 2.05) is 55.8 Å². The van der Waals surface area contributed by atoms with Gasteiger partial charge in [-0.1, -0.05) is 12.1 Å². The van der Waals surface area contributed by atoms with Gasteiger partial charge >= 0.3 is 12.1 Å². The van der Waals surface area contributed by atoms with E-state index >= 15 is 0 Å². The fourth-order valence-electron chi connectivity index (χ4n) is 4.23. The highest BCUT2D eigenvalue weighted by molar-refractivity contribution is 7.12. The highest BCUT2D eigenvalue weighted by Gasteiger charge is 2.48. The summed E-state index contributed by atoms with van der Waals surface area (Å²) < 4.78 is 11.9. The van der Waals surface area contributed by atoms with E-state index in [-0.39, 0.29) is 12.2 Å². The maximum absolute atomic E-state index is 12.6. The van der Waals surface area contributed by atoms with Gasteiger partial charge in [0.25, 0.3) is 0 Å². The van der Waals surface area contributed by atoms with Crippen molar-refractivity contribution in [3.05, 3.63) is 44.8 Å². The van der Waals surface area contributed by atoms with E-state index < -0.39 is 17.2 Å². The Morgan fingerprint density at radius 1 is 1.00 bits per heavy atom. The van der Waals surface area contributed by atoms with Crippen molar-refractivity contribution in [1.82, 2.24) is 9.80 Å². The van der Waals surface area contributed by atoms with Gasteiger partial charge < -0.3 is 24.4 Å². The number of carbonyl (C=O) groups is 2. The monoisotopic (exact) mass is 508 g/mol. The van der Waals surface area contributed by atoms with Crippen molar-refractivity contribution in [2.75, 3.05) is 27.2 Å². The van der Waals surface area contributed by atoms with Crippen LogP contribution in [0.1, 0.15) is 56.2 Å². The highest BCUT2D eigenvalue weighted by Crippen LogP contribution is 2.42. The van der Waals surface area contributed by atoms with Gasteiger partial charge in [-0.2, -0.15) is 0 Å². The lowest BCUT2D eigenvalue weighted by Crippen LogP contribution is -2.45. The van der Waals surface area contributed by atoms with Crippen LogP contribution in [0.3, 0.4) is 0 Å². The van der Waals surface area contributed by atoms with Crippen LogP contribution in [-0.2, 0) is 19.9 Å². The third kappa shape index (κ3) is 6.38. The average Bonchev–Trinajstić information content (AvgIpc) is 3.49. The second-order valence-corrected chi connectivity index (χ2v) is 11.8. The van der Waals surface area contributed by atoms with Crippen LogP contribution < -0.4 is 0 Å². The quantitative estimate of drug-likeness (QED) is 0.497. The molecule has 1 N–H and O–H groups in total. The standard InChI is InChI=1S/C25H36N2O5S2/c1-24(2,3)32-23(30)27(5)15-14-26(4)18-10-12-19(13-11-18)31-25(22(28)29,20-8-6-16-33-20)21-9-7-17-34-21/h6-9,16-19H,10-15H2,1-5H3,(H,28,29)/t18-,19-. The molecule has 7 nitrogen and oxygen atoms in total. The summed E-state index contributed by atoms with van der Waals surface area (Å²) in [6.07, 6.45) is 2.98. The molecule has 2 heterocycles. The Labute approximate surface area is 210 Å². The number of aliphatic carboxylic acids is 1. The SMILES string of the molecule is CN(CCN(C)[C@H]1CC[C@H](OC(C(=O)O)(c2cccs2)c2cccs2)CC1)C(=O)OC(C)(C)C. The Morgan fingerprint density at radius 3 is 2.00 bits per heavy atom. The zero-order chi connectivity index (χ0) is 24.9. The van der Waals surface area contributed by atoms with E-state index in [9.17, 15) is 14.7 Å². The molecule has 0 aliphatic heterocycles. The second kappa shape index (κ2) is 11.2. The van der Waals surface area contributed by atoms with E-state index in [0.29, 0.717) is 22.3 Å². The molecule has 1 aliphatic carbocycles. The molecule has 34 heavy (non-hydrogen) atoms. The number of hydrogen-bond acceptors (Lipinski definition) is 7. The number of thiophene rings is 2. The van der Waals surface area contributed by atoms with Crippen molar-refractivity contribution < 1.29 is 24.2 Å². The number of rotatable bonds is 9. The van der Waals surface area contributed by atoms with E-state index in [1.54, 1.807) is 11.9 Å². The fourth-order valence-corrected chi connectivity index (χ4v) is 6.04. The smallest absolute Gasteiger partial charge is 0.410 e. The first-order chi connectivity index (χ1) is 16.0. The van der Waals surface area contributed by atoms with Gasteiger partial charge in [-0.05, 0) is 76.4 Å². The van der Waals surface area contributed by atoms with Crippen molar-refractivity contribution in [2.45, 2.75) is 69.8 Å². The maximum atomic E-state index is 12.6. The molecule has 0 radical (unpaired) electrons. The van der Waals surface area contributed by atoms with Crippen LogP contribution in [0.5, 0.6) is 0 Å². The predicted molar refractivity (Wildman–Crippen MR) is 136 cm³/mol. The number of hydrogen-bond donors (Lipinski definition) is 1. The molecule has 0 atom stereocenters. The Morgan fingerprint density at radius 2 is 1.56 bits per heavy atom. The van der Waals surface area contributed by atoms with Gasteiger partial charge in [0.2, 0.25) is 5.60 Å². The number of nitrogens with zero attached hydrogens (tertiary/aromatic N) is 2. The number of carboxylic acids is 1. The van der Waals surface area contributed by atoms with Gasteiger partial charge in [0, 0.05) is 26.2 Å². The van der Waals surface area contributed by atoms with Crippen LogP contribution in [0.25, 0.3) is 0 Å². The first kappa shape index (κ1) is 26.7. The summed E-state index contributed by atoms with van der Waals surface area (Å²) in [5.74, 6) is -0.971. The molecule has 0 unspecified atom stereocenters. The summed E-state index contributed by atoms with van der Waals surface area (Å²) in [5.41, 5.74) is -1.96. The van der Waals surface area contributed by atoms with Crippen molar-refractivity contribution in [1.29, 1.82) is 0 Å². The summed E-state index contributed by atoms with van der Waals surface area (Å²) >= 11 is 2.83. The van der Waals surface area contributed by atoms with E-state index in [1.165, 1.54) is 22.7 Å². The summed E-state index contributed by atoms with van der Waals surface area (Å²) in [6.45, 7) is 6.92. The second-order valence-electron chi connectivity index (χ2n) is 9.87. The summed E-state index contributed by atoms with van der Waals surface area (Å²) in [7, 11) is 3.83. The third-order valence-electron chi connectivity index (χ3n) is 6.14. The maximum Gasteiger partial charge on any atom is 0.410 e. The predicted octanol–water partition coefficient (Wildman–Crippen LogP) is 5.26. The lowest BCUT2D eigenvalue weighted by Gasteiger charge is -2.38. The molecule has 9 heteroatoms. The van der Waals surface area contributed by atoms with E-state index in [2.05, 4.69) is 11.9 Å². The number of carboxylic acid groups (broad SMARTS) is 1. The molecule has 1 aliphatic rings. The van der Waals surface area contributed by atoms with Gasteiger partial charge in [0.15, 0.2) is 0 Å². The average molecular weight is 509 g/mol. The Hall–Kier alpha value is -1.94. The third-order valence-corrected chi connectivity index (χ3v) is 8.08. The van der Waals surface area contributed by atoms with Gasteiger partial charge in [-0.15, -0.1) is 22.7 Å². The lowest BCUT2D eigenvalue weighted by atomic mass is 9.90. The fraction of sp³-hybridized carbons (Fsp3) is 0.600. The highest BCUT2D eigenvalue weighted by atomic mass is 32.1. The number of amides is 1. The first-order valence-corrected chi connectivity index (χ1v) is 13.4. The van der Waals surface area contributed by atoms with Crippen molar-refractivity contribution in [2.24, 2.45) is 0 Å². The largest absolute Gasteiger partial charge is 0.479 e. The molecule has 2 aromatic rings. The van der Waals surface area contributed by atoms with Crippen LogP contribution in [0.4, 0.5) is 4.79 Å². The molecule has 188 valence electrons. The van der Waals surface area contributed by atoms with Crippen LogP contribution >= 0.6 is 22.7 Å². The zero-order valence-electron chi connectivity index (χ0n) is 20.7. The normalized spacial score (nSPS) is 19.2. The molecule has 1 saturated carbocycles. The first-order valence-electron chi connectivity index (χ1n) is 11.7. The van der Waals surface area contributed by atoms with Gasteiger partial charge in [-0.25, -0.2) is 9.59 Å². The Bertz CT molecular complexity index is 882. The number of likely N-dealkylation sites (N-methyl/N-ethyl adjacent to an activating group) is 2. The Kier molecular flexibility index (Phi) is 8.78. The molecule has 0 aromatic carbocycles. The number of carbonyl (C=O) groups excluding carboxylic acids is 1. The molecule has 2 aromatic heterocycles. The van der Waals surface area contributed by atoms with Crippen molar-refractivity contribution in [3.8, 4) is 0 Å². The summed E-state index contributed by atoms with van der Waals surface area (Å²) in [6, 6.07) is 7.80. The van der Waals surface area contributed by atoms with Crippen LogP contribution in [0.2, 0.25) is 0 Å². The molecule has 0 spiro atoms. The van der Waals surface area contributed by atoms with E-state index in [0.717, 1.165) is 32.2 Å². The lowest BCUT2D eigenvalue weighted by molar-refractivity contribution is -0.170. The summed E-state index contributed by atoms with van der Waals surface area (Å²) in [4.78, 5) is 30.1. The molecular formula is C25H36N2O5S2. The Balaban J connectivity index is 1.57.